The summed E-state index contributed by atoms with van der Waals surface area (Å²) in [6, 6.07) is 8.58. The number of ketones is 1. The second kappa shape index (κ2) is 7.09. The summed E-state index contributed by atoms with van der Waals surface area (Å²) in [6.07, 6.45) is 2.38. The van der Waals surface area contributed by atoms with Crippen molar-refractivity contribution in [3.05, 3.63) is 78.6 Å². The fraction of sp³-hybridized carbons (Fsp3) is 0.200. The van der Waals surface area contributed by atoms with Crippen molar-refractivity contribution in [3.8, 4) is 5.75 Å². The molecule has 0 unspecified atom stereocenters. The van der Waals surface area contributed by atoms with Crippen LogP contribution in [0.4, 0.5) is 5.69 Å². The fourth-order valence-electron chi connectivity index (χ4n) is 3.41. The van der Waals surface area contributed by atoms with Gasteiger partial charge in [0.2, 0.25) is 0 Å². The molecule has 0 bridgehead atoms. The molecule has 0 aliphatic heterocycles. The van der Waals surface area contributed by atoms with Gasteiger partial charge in [-0.15, -0.1) is 0 Å². The Morgan fingerprint density at radius 3 is 2.79 bits per heavy atom. The second-order valence-corrected chi connectivity index (χ2v) is 6.91. The Kier molecular flexibility index (Phi) is 4.60. The van der Waals surface area contributed by atoms with Crippen LogP contribution in [0.3, 0.4) is 0 Å². The van der Waals surface area contributed by atoms with Crippen LogP contribution in [-0.4, -0.2) is 17.3 Å². The molecule has 0 saturated heterocycles. The quantitative estimate of drug-likeness (QED) is 0.277. The topological polar surface area (TPSA) is 99.7 Å². The van der Waals surface area contributed by atoms with Crippen molar-refractivity contribution in [1.29, 1.82) is 0 Å². The van der Waals surface area contributed by atoms with E-state index in [0.717, 1.165) is 23.8 Å². The van der Waals surface area contributed by atoms with Crippen LogP contribution < -0.4 is 10.4 Å². The zero-order valence-electron chi connectivity index (χ0n) is 14.6. The highest BCUT2D eigenvalue weighted by molar-refractivity contribution is 6.32. The average molecular weight is 400 g/mol. The summed E-state index contributed by atoms with van der Waals surface area (Å²) in [7, 11) is 0. The third kappa shape index (κ3) is 3.25. The summed E-state index contributed by atoms with van der Waals surface area (Å²) >= 11 is 6.30. The average Bonchev–Trinajstić information content (AvgIpc) is 3.18. The highest BCUT2D eigenvalue weighted by Crippen LogP contribution is 2.34. The maximum atomic E-state index is 12.3. The van der Waals surface area contributed by atoms with Gasteiger partial charge in [0, 0.05) is 34.7 Å². The third-order valence-corrected chi connectivity index (χ3v) is 5.06. The minimum absolute atomic E-state index is 0.162. The van der Waals surface area contributed by atoms with Crippen molar-refractivity contribution in [3.63, 3.8) is 0 Å². The molecular weight excluding hydrogens is 386 g/mol. The summed E-state index contributed by atoms with van der Waals surface area (Å²) in [5.74, 6) is -0.232. The number of ether oxygens (including phenoxy) is 1. The van der Waals surface area contributed by atoms with Crippen molar-refractivity contribution >= 4 is 34.0 Å². The number of carbonyl (C=O) groups excluding carboxylic acids is 1. The Hall–Kier alpha value is -3.19. The molecule has 4 rings (SSSR count). The molecule has 1 aromatic heterocycles. The molecule has 7 nitrogen and oxygen atoms in total. The molecule has 142 valence electrons. The Morgan fingerprint density at radius 1 is 1.21 bits per heavy atom. The van der Waals surface area contributed by atoms with Crippen LogP contribution in [0.2, 0.25) is 5.02 Å². The Bertz CT molecular complexity index is 1180. The Morgan fingerprint density at radius 2 is 2.00 bits per heavy atom. The lowest BCUT2D eigenvalue weighted by atomic mass is 10.1. The lowest BCUT2D eigenvalue weighted by Crippen LogP contribution is -2.12. The van der Waals surface area contributed by atoms with Crippen LogP contribution >= 0.6 is 11.6 Å². The molecule has 3 aromatic rings. The van der Waals surface area contributed by atoms with Gasteiger partial charge < -0.3 is 9.15 Å². The van der Waals surface area contributed by atoms with E-state index in [4.69, 9.17) is 20.8 Å². The first-order valence-electron chi connectivity index (χ1n) is 8.62. The number of non-ortho nitro benzene ring substituents is 1. The van der Waals surface area contributed by atoms with E-state index >= 15 is 0 Å². The van der Waals surface area contributed by atoms with Gasteiger partial charge in [0.25, 0.3) is 5.69 Å². The molecule has 1 heterocycles. The molecule has 0 saturated carbocycles. The molecule has 28 heavy (non-hydrogen) atoms. The van der Waals surface area contributed by atoms with Gasteiger partial charge in [-0.3, -0.25) is 14.9 Å². The number of Topliss-reactive ketones (excluding diaryl/α,β-unsaturated/α-hetero) is 1. The summed E-state index contributed by atoms with van der Waals surface area (Å²) in [4.78, 5) is 34.7. The highest BCUT2D eigenvalue weighted by atomic mass is 35.5. The highest BCUT2D eigenvalue weighted by Gasteiger charge is 2.21. The van der Waals surface area contributed by atoms with Crippen LogP contribution in [0.5, 0.6) is 5.75 Å². The van der Waals surface area contributed by atoms with Gasteiger partial charge in [-0.05, 0) is 30.9 Å². The first-order chi connectivity index (χ1) is 13.4. The SMILES string of the molecule is O=C(COc1cc2oc(=O)c3c(c2cc1Cl)CCC3)c1cccc([N+](=O)[O-])c1. The number of hydrogen-bond donors (Lipinski definition) is 0. The van der Waals surface area contributed by atoms with Gasteiger partial charge in [-0.25, -0.2) is 4.79 Å². The molecule has 1 aliphatic rings. The normalized spacial score (nSPS) is 12.8. The van der Waals surface area contributed by atoms with E-state index in [1.54, 1.807) is 6.07 Å². The van der Waals surface area contributed by atoms with Gasteiger partial charge >= 0.3 is 5.63 Å². The predicted molar refractivity (Wildman–Crippen MR) is 102 cm³/mol. The van der Waals surface area contributed by atoms with E-state index in [2.05, 4.69) is 0 Å². The van der Waals surface area contributed by atoms with E-state index in [9.17, 15) is 19.7 Å². The van der Waals surface area contributed by atoms with Gasteiger partial charge in [0.1, 0.15) is 11.3 Å². The van der Waals surface area contributed by atoms with Gasteiger partial charge in [-0.2, -0.15) is 0 Å². The van der Waals surface area contributed by atoms with Crippen molar-refractivity contribution in [2.24, 2.45) is 0 Å². The van der Waals surface area contributed by atoms with Gasteiger partial charge in [0.15, 0.2) is 12.4 Å². The number of nitro groups is 1. The zero-order valence-corrected chi connectivity index (χ0v) is 15.3. The number of nitrogens with zero attached hydrogens (tertiary/aromatic N) is 1. The van der Waals surface area contributed by atoms with Crippen molar-refractivity contribution in [2.75, 3.05) is 6.61 Å². The molecule has 0 spiro atoms. The number of aryl methyl sites for hydroxylation is 1. The molecule has 0 atom stereocenters. The molecule has 0 amide bonds. The number of halogens is 1. The first-order valence-corrected chi connectivity index (χ1v) is 9.00. The molecule has 0 radical (unpaired) electrons. The molecule has 0 N–H and O–H groups in total. The number of fused-ring (bicyclic) bond motifs is 3. The summed E-state index contributed by atoms with van der Waals surface area (Å²) < 4.78 is 10.9. The zero-order chi connectivity index (χ0) is 19.8. The van der Waals surface area contributed by atoms with Gasteiger partial charge in [-0.1, -0.05) is 23.7 Å². The van der Waals surface area contributed by atoms with Crippen LogP contribution in [0.15, 0.2) is 45.6 Å². The van der Waals surface area contributed by atoms with E-state index in [1.807, 2.05) is 0 Å². The van der Waals surface area contributed by atoms with E-state index < -0.39 is 10.7 Å². The lowest BCUT2D eigenvalue weighted by Gasteiger charge is -2.10. The number of hydrogen-bond acceptors (Lipinski definition) is 6. The number of rotatable bonds is 5. The Labute approximate surface area is 163 Å². The minimum atomic E-state index is -0.571. The van der Waals surface area contributed by atoms with Crippen molar-refractivity contribution < 1.29 is 18.9 Å². The maximum Gasteiger partial charge on any atom is 0.339 e. The van der Waals surface area contributed by atoms with Crippen LogP contribution in [0, 0.1) is 10.1 Å². The minimum Gasteiger partial charge on any atom is -0.484 e. The van der Waals surface area contributed by atoms with Crippen LogP contribution in [0.1, 0.15) is 27.9 Å². The molecule has 1 aliphatic carbocycles. The molecular formula is C20H14ClNO6. The summed E-state index contributed by atoms with van der Waals surface area (Å²) in [5.41, 5.74) is 1.62. The molecule has 2 aromatic carbocycles. The van der Waals surface area contributed by atoms with Gasteiger partial charge in [0.05, 0.1) is 9.95 Å². The fourth-order valence-corrected chi connectivity index (χ4v) is 3.63. The monoisotopic (exact) mass is 399 g/mol. The lowest BCUT2D eigenvalue weighted by molar-refractivity contribution is -0.384. The summed E-state index contributed by atoms with van der Waals surface area (Å²) in [6.45, 7) is -0.360. The van der Waals surface area contributed by atoms with Crippen LogP contribution in [-0.2, 0) is 12.8 Å². The van der Waals surface area contributed by atoms with Crippen LogP contribution in [0.25, 0.3) is 11.0 Å². The molecule has 0 fully saturated rings. The van der Waals surface area contributed by atoms with Crippen molar-refractivity contribution in [2.45, 2.75) is 19.3 Å². The second-order valence-electron chi connectivity index (χ2n) is 6.50. The predicted octanol–water partition coefficient (Wildman–Crippen LogP) is 4.11. The first kappa shape index (κ1) is 18.2. The number of benzene rings is 2. The molecule has 8 heteroatoms. The summed E-state index contributed by atoms with van der Waals surface area (Å²) in [5, 5.41) is 11.9. The van der Waals surface area contributed by atoms with E-state index in [0.29, 0.717) is 22.6 Å². The standard InChI is InChI=1S/C20H14ClNO6/c21-16-8-15-13-5-2-6-14(13)20(24)28-18(15)9-19(16)27-10-17(23)11-3-1-4-12(7-11)22(25)26/h1,3-4,7-9H,2,5-6,10H2. The Balaban J connectivity index is 1.60. The van der Waals surface area contributed by atoms with E-state index in [-0.39, 0.29) is 29.2 Å². The maximum absolute atomic E-state index is 12.3. The number of carbonyl (C=O) groups is 1. The smallest absolute Gasteiger partial charge is 0.339 e. The van der Waals surface area contributed by atoms with Crippen molar-refractivity contribution in [1.82, 2.24) is 0 Å². The third-order valence-electron chi connectivity index (χ3n) is 4.76. The largest absolute Gasteiger partial charge is 0.484 e. The number of nitro benzene ring substituents is 1. The van der Waals surface area contributed by atoms with E-state index in [1.165, 1.54) is 30.3 Å².